The number of aryl methyl sites for hydroxylation is 2. The van der Waals surface area contributed by atoms with Crippen LogP contribution in [0.3, 0.4) is 0 Å². The van der Waals surface area contributed by atoms with Crippen LogP contribution in [0.1, 0.15) is 17.1 Å². The lowest BCUT2D eigenvalue weighted by molar-refractivity contribution is -0.151. The molecule has 0 bridgehead atoms. The Labute approximate surface area is 147 Å². The van der Waals surface area contributed by atoms with Crippen molar-refractivity contribution in [3.63, 3.8) is 0 Å². The van der Waals surface area contributed by atoms with Gasteiger partial charge in [0, 0.05) is 11.6 Å². The van der Waals surface area contributed by atoms with Crippen molar-refractivity contribution in [3.05, 3.63) is 52.7 Å². The molecule has 0 unspecified atom stereocenters. The molecule has 0 amide bonds. The highest BCUT2D eigenvalue weighted by Gasteiger charge is 2.42. The smallest absolute Gasteiger partial charge is 0.315 e. The minimum atomic E-state index is -5.12. The van der Waals surface area contributed by atoms with Gasteiger partial charge in [-0.2, -0.15) is 26.3 Å². The molecule has 0 aliphatic carbocycles. The number of imidazole rings is 1. The van der Waals surface area contributed by atoms with E-state index in [0.29, 0.717) is 10.6 Å². The average molecular weight is 395 g/mol. The van der Waals surface area contributed by atoms with E-state index < -0.39 is 35.0 Å². The van der Waals surface area contributed by atoms with Gasteiger partial charge in [-0.25, -0.2) is 15.0 Å². The number of benzene rings is 1. The van der Waals surface area contributed by atoms with Crippen molar-refractivity contribution in [1.82, 2.24) is 19.5 Å². The second-order valence-electron chi connectivity index (χ2n) is 5.34. The Hall–Kier alpha value is -2.36. The van der Waals surface area contributed by atoms with Gasteiger partial charge in [0.15, 0.2) is 11.3 Å². The molecular formula is C15H9ClF6N4. The summed E-state index contributed by atoms with van der Waals surface area (Å²) < 4.78 is 79.0. The number of fused-ring (bicyclic) bond motifs is 1. The van der Waals surface area contributed by atoms with E-state index in [9.17, 15) is 26.3 Å². The predicted octanol–water partition coefficient (Wildman–Crippen LogP) is 4.76. The second kappa shape index (κ2) is 6.42. The van der Waals surface area contributed by atoms with E-state index in [-0.39, 0.29) is 13.0 Å². The van der Waals surface area contributed by atoms with Gasteiger partial charge < -0.3 is 4.57 Å². The van der Waals surface area contributed by atoms with Crippen LogP contribution in [-0.4, -0.2) is 19.5 Å². The fraction of sp³-hybridized carbons (Fsp3) is 0.267. The van der Waals surface area contributed by atoms with Gasteiger partial charge in [0.2, 0.25) is 5.82 Å². The van der Waals surface area contributed by atoms with Crippen LogP contribution in [0.15, 0.2) is 30.6 Å². The monoisotopic (exact) mass is 394 g/mol. The van der Waals surface area contributed by atoms with Crippen LogP contribution in [0.25, 0.3) is 11.2 Å². The lowest BCUT2D eigenvalue weighted by atomic mass is 10.1. The zero-order chi connectivity index (χ0) is 19.1. The molecule has 4 nitrogen and oxygen atoms in total. The number of halogens is 7. The van der Waals surface area contributed by atoms with E-state index in [4.69, 9.17) is 11.6 Å². The Morgan fingerprint density at radius 3 is 2.27 bits per heavy atom. The molecule has 0 saturated carbocycles. The van der Waals surface area contributed by atoms with Crippen LogP contribution in [0.4, 0.5) is 26.3 Å². The van der Waals surface area contributed by atoms with Crippen molar-refractivity contribution in [3.8, 4) is 0 Å². The Kier molecular flexibility index (Phi) is 4.55. The predicted molar refractivity (Wildman–Crippen MR) is 80.5 cm³/mol. The number of aromatic nitrogens is 4. The number of rotatable bonds is 3. The quantitative estimate of drug-likeness (QED) is 0.602. The number of hydrogen-bond acceptors (Lipinski definition) is 3. The molecule has 3 aromatic rings. The Morgan fingerprint density at radius 1 is 0.962 bits per heavy atom. The molecule has 2 heterocycles. The Morgan fingerprint density at radius 2 is 1.65 bits per heavy atom. The highest BCUT2D eigenvalue weighted by Crippen LogP contribution is 2.35. The summed E-state index contributed by atoms with van der Waals surface area (Å²) in [5, 5.41) is 0.443. The molecule has 0 N–H and O–H groups in total. The van der Waals surface area contributed by atoms with Crippen molar-refractivity contribution in [2.24, 2.45) is 0 Å². The molecule has 26 heavy (non-hydrogen) atoms. The molecule has 1 aromatic carbocycles. The van der Waals surface area contributed by atoms with Gasteiger partial charge in [0.1, 0.15) is 5.52 Å². The van der Waals surface area contributed by atoms with Crippen LogP contribution >= 0.6 is 11.6 Å². The van der Waals surface area contributed by atoms with E-state index in [1.54, 1.807) is 24.3 Å². The summed E-state index contributed by atoms with van der Waals surface area (Å²) >= 11 is 6.00. The summed E-state index contributed by atoms with van der Waals surface area (Å²) in [6.07, 6.45) is -8.93. The van der Waals surface area contributed by atoms with Crippen LogP contribution in [-0.2, 0) is 25.3 Å². The lowest BCUT2D eigenvalue weighted by Crippen LogP contribution is -2.18. The molecule has 0 fully saturated rings. The summed E-state index contributed by atoms with van der Waals surface area (Å²) in [6.45, 7) is 0.0475. The van der Waals surface area contributed by atoms with Gasteiger partial charge in [-0.3, -0.25) is 0 Å². The highest BCUT2D eigenvalue weighted by atomic mass is 35.5. The van der Waals surface area contributed by atoms with Gasteiger partial charge in [0.05, 0.1) is 6.33 Å². The summed E-state index contributed by atoms with van der Waals surface area (Å²) in [7, 11) is 0. The fourth-order valence-corrected chi connectivity index (χ4v) is 2.60. The molecule has 3 rings (SSSR count). The molecule has 0 aliphatic rings. The first-order chi connectivity index (χ1) is 12.1. The molecule has 138 valence electrons. The average Bonchev–Trinajstić information content (AvgIpc) is 2.94. The van der Waals surface area contributed by atoms with E-state index in [2.05, 4.69) is 15.0 Å². The van der Waals surface area contributed by atoms with Crippen molar-refractivity contribution < 1.29 is 26.3 Å². The van der Waals surface area contributed by atoms with Crippen molar-refractivity contribution in [1.29, 1.82) is 0 Å². The maximum absolute atomic E-state index is 13.1. The first-order valence-corrected chi connectivity index (χ1v) is 7.56. The third kappa shape index (κ3) is 3.59. The Balaban J connectivity index is 2.06. The first-order valence-electron chi connectivity index (χ1n) is 7.18. The van der Waals surface area contributed by atoms with Gasteiger partial charge >= 0.3 is 12.4 Å². The summed E-state index contributed by atoms with van der Waals surface area (Å²) in [5.41, 5.74) is -2.29. The topological polar surface area (TPSA) is 43.6 Å². The molecule has 11 heteroatoms. The van der Waals surface area contributed by atoms with Crippen molar-refractivity contribution >= 4 is 22.8 Å². The minimum absolute atomic E-state index is 0.0475. The Bertz CT molecular complexity index is 947. The van der Waals surface area contributed by atoms with E-state index in [0.717, 1.165) is 10.9 Å². The van der Waals surface area contributed by atoms with Crippen LogP contribution < -0.4 is 0 Å². The van der Waals surface area contributed by atoms with Crippen molar-refractivity contribution in [2.45, 2.75) is 25.3 Å². The summed E-state index contributed by atoms with van der Waals surface area (Å²) in [4.78, 5) is 9.44. The third-order valence-corrected chi connectivity index (χ3v) is 3.93. The SMILES string of the molecule is FC(F)(F)c1nc(C(F)(F)F)c2ncn(CCc3ccccc3Cl)c2n1. The normalized spacial score (nSPS) is 12.7. The largest absolute Gasteiger partial charge is 0.451 e. The highest BCUT2D eigenvalue weighted by molar-refractivity contribution is 6.31. The number of alkyl halides is 6. The van der Waals surface area contributed by atoms with E-state index in [1.165, 1.54) is 0 Å². The van der Waals surface area contributed by atoms with E-state index >= 15 is 0 Å². The van der Waals surface area contributed by atoms with Gasteiger partial charge in [-0.05, 0) is 18.1 Å². The van der Waals surface area contributed by atoms with Crippen LogP contribution in [0, 0.1) is 0 Å². The summed E-state index contributed by atoms with van der Waals surface area (Å²) in [6, 6.07) is 6.77. The molecule has 0 atom stereocenters. The molecular weight excluding hydrogens is 386 g/mol. The molecule has 0 spiro atoms. The van der Waals surface area contributed by atoms with Gasteiger partial charge in [-0.15, -0.1) is 0 Å². The molecule has 0 radical (unpaired) electrons. The fourth-order valence-electron chi connectivity index (χ4n) is 2.37. The molecule has 0 aliphatic heterocycles. The zero-order valence-corrected chi connectivity index (χ0v) is 13.5. The first kappa shape index (κ1) is 18.4. The van der Waals surface area contributed by atoms with Gasteiger partial charge in [0.25, 0.3) is 0 Å². The molecule has 2 aromatic heterocycles. The lowest BCUT2D eigenvalue weighted by Gasteiger charge is -2.11. The van der Waals surface area contributed by atoms with E-state index in [1.807, 2.05) is 0 Å². The number of hydrogen-bond donors (Lipinski definition) is 0. The van der Waals surface area contributed by atoms with Gasteiger partial charge in [-0.1, -0.05) is 29.8 Å². The molecule has 0 saturated heterocycles. The zero-order valence-electron chi connectivity index (χ0n) is 12.7. The second-order valence-corrected chi connectivity index (χ2v) is 5.75. The summed E-state index contributed by atoms with van der Waals surface area (Å²) in [5.74, 6) is -1.86. The van der Waals surface area contributed by atoms with Crippen molar-refractivity contribution in [2.75, 3.05) is 0 Å². The maximum atomic E-state index is 13.1. The minimum Gasteiger partial charge on any atom is -0.315 e. The third-order valence-electron chi connectivity index (χ3n) is 3.57. The standard InChI is InChI=1S/C15H9ClF6N4/c16-9-4-2-1-3-8(9)5-6-26-7-23-10-11(14(17,18)19)24-13(15(20,21)22)25-12(10)26/h1-4,7H,5-6H2. The van der Waals surface area contributed by atoms with Crippen LogP contribution in [0.5, 0.6) is 0 Å². The maximum Gasteiger partial charge on any atom is 0.451 e. The van der Waals surface area contributed by atoms with Crippen LogP contribution in [0.2, 0.25) is 5.02 Å². The number of nitrogens with zero attached hydrogens (tertiary/aromatic N) is 4.